The van der Waals surface area contributed by atoms with Crippen molar-refractivity contribution in [3.8, 4) is 0 Å². The van der Waals surface area contributed by atoms with Gasteiger partial charge in [0.2, 0.25) is 10.0 Å². The molecular weight excluding hydrogens is 449 g/mol. The van der Waals surface area contributed by atoms with Crippen LogP contribution in [-0.2, 0) is 10.0 Å². The minimum Gasteiger partial charge on any atom is -0.207 e. The zero-order valence-corrected chi connectivity index (χ0v) is 22.0. The molecule has 6 heteroatoms. The summed E-state index contributed by atoms with van der Waals surface area (Å²) in [6.07, 6.45) is 21.0. The van der Waals surface area contributed by atoms with Gasteiger partial charge < -0.3 is 0 Å². The number of nitrogens with zero attached hydrogens (tertiary/aromatic N) is 1. The van der Waals surface area contributed by atoms with Gasteiger partial charge in [-0.25, -0.2) is 12.7 Å². The molecule has 1 rings (SSSR count). The molecule has 180 valence electrons. The summed E-state index contributed by atoms with van der Waals surface area (Å²) in [4.78, 5) is 0.195. The second-order valence-electron chi connectivity index (χ2n) is 8.71. The van der Waals surface area contributed by atoms with Crippen LogP contribution >= 0.6 is 23.2 Å². The van der Waals surface area contributed by atoms with Crippen molar-refractivity contribution < 1.29 is 8.42 Å². The molecule has 0 radical (unpaired) electrons. The number of hydrogen-bond donors (Lipinski definition) is 0. The van der Waals surface area contributed by atoms with Gasteiger partial charge >= 0.3 is 0 Å². The Kier molecular flexibility index (Phi) is 16.0. The van der Waals surface area contributed by atoms with Crippen molar-refractivity contribution in [3.05, 3.63) is 28.2 Å². The van der Waals surface area contributed by atoms with E-state index in [4.69, 9.17) is 23.2 Å². The van der Waals surface area contributed by atoms with Crippen molar-refractivity contribution in [2.24, 2.45) is 0 Å². The number of halogens is 2. The maximum Gasteiger partial charge on any atom is 0.242 e. The van der Waals surface area contributed by atoms with E-state index in [0.29, 0.717) is 11.6 Å². The van der Waals surface area contributed by atoms with Crippen molar-refractivity contribution in [1.82, 2.24) is 4.31 Å². The highest BCUT2D eigenvalue weighted by Gasteiger charge is 2.21. The normalized spacial score (nSPS) is 12.0. The lowest BCUT2D eigenvalue weighted by molar-refractivity contribution is 0.447. The van der Waals surface area contributed by atoms with Gasteiger partial charge in [0.15, 0.2) is 0 Å². The fourth-order valence-electron chi connectivity index (χ4n) is 3.82. The van der Waals surface area contributed by atoms with Crippen LogP contribution in [0.5, 0.6) is 0 Å². The quantitative estimate of drug-likeness (QED) is 0.181. The first kappa shape index (κ1) is 28.7. The van der Waals surface area contributed by atoms with Crippen molar-refractivity contribution in [3.63, 3.8) is 0 Å². The van der Waals surface area contributed by atoms with Crippen molar-refractivity contribution in [2.75, 3.05) is 13.6 Å². The highest BCUT2D eigenvalue weighted by molar-refractivity contribution is 7.89. The molecule has 0 heterocycles. The summed E-state index contributed by atoms with van der Waals surface area (Å²) in [6.45, 7) is 2.80. The Labute approximate surface area is 201 Å². The largest absolute Gasteiger partial charge is 0.242 e. The Morgan fingerprint density at radius 3 is 1.52 bits per heavy atom. The smallest absolute Gasteiger partial charge is 0.207 e. The highest BCUT2D eigenvalue weighted by Crippen LogP contribution is 2.26. The van der Waals surface area contributed by atoms with Crippen LogP contribution in [0, 0.1) is 0 Å². The first-order valence-electron chi connectivity index (χ1n) is 12.3. The topological polar surface area (TPSA) is 37.4 Å². The predicted molar refractivity (Wildman–Crippen MR) is 136 cm³/mol. The minimum absolute atomic E-state index is 0.195. The van der Waals surface area contributed by atoms with Gasteiger partial charge in [-0.2, -0.15) is 0 Å². The van der Waals surface area contributed by atoms with Gasteiger partial charge in [0.25, 0.3) is 0 Å². The van der Waals surface area contributed by atoms with Gasteiger partial charge in [-0.05, 0) is 24.6 Å². The molecule has 31 heavy (non-hydrogen) atoms. The van der Waals surface area contributed by atoms with E-state index in [-0.39, 0.29) is 9.92 Å². The van der Waals surface area contributed by atoms with Crippen LogP contribution in [-0.4, -0.2) is 26.3 Å². The number of rotatable bonds is 19. The van der Waals surface area contributed by atoms with Crippen LogP contribution in [0.15, 0.2) is 23.1 Å². The number of unbranched alkanes of at least 4 members (excludes halogenated alkanes) is 15. The van der Waals surface area contributed by atoms with E-state index in [1.165, 1.54) is 112 Å². The summed E-state index contributed by atoms with van der Waals surface area (Å²) in [6, 6.07) is 4.45. The van der Waals surface area contributed by atoms with Crippen molar-refractivity contribution >= 4 is 33.2 Å². The van der Waals surface area contributed by atoms with Crippen LogP contribution < -0.4 is 0 Å². The van der Waals surface area contributed by atoms with Gasteiger partial charge in [-0.1, -0.05) is 126 Å². The van der Waals surface area contributed by atoms with Crippen molar-refractivity contribution in [2.45, 2.75) is 115 Å². The van der Waals surface area contributed by atoms with Gasteiger partial charge in [-0.3, -0.25) is 0 Å². The SMILES string of the molecule is CCCCCCCCCCCCCCCCCCN(C)S(=O)(=O)c1ccc(Cl)c(Cl)c1. The van der Waals surface area contributed by atoms with E-state index in [0.717, 1.165) is 12.8 Å². The second-order valence-corrected chi connectivity index (χ2v) is 11.6. The summed E-state index contributed by atoms with van der Waals surface area (Å²) in [5.41, 5.74) is 0. The molecule has 0 aliphatic carbocycles. The lowest BCUT2D eigenvalue weighted by Crippen LogP contribution is -2.28. The van der Waals surface area contributed by atoms with Crippen LogP contribution in [0.1, 0.15) is 110 Å². The van der Waals surface area contributed by atoms with Crippen LogP contribution in [0.4, 0.5) is 0 Å². The number of hydrogen-bond acceptors (Lipinski definition) is 2. The Morgan fingerprint density at radius 2 is 1.10 bits per heavy atom. The summed E-state index contributed by atoms with van der Waals surface area (Å²) in [5, 5.41) is 0.625. The highest BCUT2D eigenvalue weighted by atomic mass is 35.5. The zero-order valence-electron chi connectivity index (χ0n) is 19.7. The first-order chi connectivity index (χ1) is 14.9. The zero-order chi connectivity index (χ0) is 23.0. The molecule has 0 N–H and O–H groups in total. The van der Waals surface area contributed by atoms with Crippen molar-refractivity contribution in [1.29, 1.82) is 0 Å². The third-order valence-electron chi connectivity index (χ3n) is 5.93. The molecule has 1 aromatic rings. The van der Waals surface area contributed by atoms with Crippen LogP contribution in [0.25, 0.3) is 0 Å². The van der Waals surface area contributed by atoms with Gasteiger partial charge in [0, 0.05) is 13.6 Å². The Hall–Kier alpha value is -0.290. The average molecular weight is 493 g/mol. The molecule has 0 saturated carbocycles. The maximum atomic E-state index is 12.6. The molecule has 0 saturated heterocycles. The monoisotopic (exact) mass is 491 g/mol. The summed E-state index contributed by atoms with van der Waals surface area (Å²) in [7, 11) is -1.88. The summed E-state index contributed by atoms with van der Waals surface area (Å²) >= 11 is 11.8. The third kappa shape index (κ3) is 12.5. The molecule has 0 bridgehead atoms. The lowest BCUT2D eigenvalue weighted by atomic mass is 10.0. The molecule has 3 nitrogen and oxygen atoms in total. The molecular formula is C25H43Cl2NO2S. The van der Waals surface area contributed by atoms with E-state index in [9.17, 15) is 8.42 Å². The summed E-state index contributed by atoms with van der Waals surface area (Å²) < 4.78 is 26.6. The van der Waals surface area contributed by atoms with Gasteiger partial charge in [0.05, 0.1) is 14.9 Å². The predicted octanol–water partition coefficient (Wildman–Crippen LogP) is 8.88. The van der Waals surface area contributed by atoms with Crippen LogP contribution in [0.3, 0.4) is 0 Å². The van der Waals surface area contributed by atoms with Gasteiger partial charge in [-0.15, -0.1) is 0 Å². The molecule has 0 aliphatic heterocycles. The summed E-state index contributed by atoms with van der Waals surface area (Å²) in [5.74, 6) is 0. The fraction of sp³-hybridized carbons (Fsp3) is 0.760. The molecule has 0 aromatic heterocycles. The number of benzene rings is 1. The Balaban J connectivity index is 1.99. The van der Waals surface area contributed by atoms with E-state index in [2.05, 4.69) is 6.92 Å². The minimum atomic E-state index is -3.51. The third-order valence-corrected chi connectivity index (χ3v) is 8.52. The van der Waals surface area contributed by atoms with E-state index < -0.39 is 10.0 Å². The molecule has 0 atom stereocenters. The lowest BCUT2D eigenvalue weighted by Gasteiger charge is -2.17. The molecule has 0 fully saturated rings. The Morgan fingerprint density at radius 1 is 0.677 bits per heavy atom. The Bertz CT molecular complexity index is 695. The molecule has 0 spiro atoms. The van der Waals surface area contributed by atoms with Crippen LogP contribution in [0.2, 0.25) is 10.0 Å². The second kappa shape index (κ2) is 17.2. The first-order valence-corrected chi connectivity index (χ1v) is 14.5. The van der Waals surface area contributed by atoms with E-state index in [1.807, 2.05) is 0 Å². The van der Waals surface area contributed by atoms with Gasteiger partial charge in [0.1, 0.15) is 0 Å². The van der Waals surface area contributed by atoms with E-state index >= 15 is 0 Å². The van der Waals surface area contributed by atoms with E-state index in [1.54, 1.807) is 7.05 Å². The number of sulfonamides is 1. The standard InChI is InChI=1S/C25H43Cl2NO2S/c1-3-4-5-6-7-8-9-10-11-12-13-14-15-16-17-18-21-28(2)31(29,30)23-19-20-24(26)25(27)22-23/h19-20,22H,3-18,21H2,1-2H3. The molecule has 0 amide bonds. The average Bonchev–Trinajstić information content (AvgIpc) is 2.75. The fourth-order valence-corrected chi connectivity index (χ4v) is 5.42. The molecule has 0 unspecified atom stereocenters. The molecule has 1 aromatic carbocycles. The maximum absolute atomic E-state index is 12.6. The molecule has 0 aliphatic rings.